The van der Waals surface area contributed by atoms with Crippen LogP contribution in [0.5, 0.6) is 0 Å². The van der Waals surface area contributed by atoms with Gasteiger partial charge >= 0.3 is 0 Å². The van der Waals surface area contributed by atoms with Crippen LogP contribution in [0, 0.1) is 10.1 Å². The first kappa shape index (κ1) is 18.0. The Morgan fingerprint density at radius 3 is 2.50 bits per heavy atom. The summed E-state index contributed by atoms with van der Waals surface area (Å²) in [4.78, 5) is 14.0. The van der Waals surface area contributed by atoms with Crippen molar-refractivity contribution in [3.63, 3.8) is 0 Å². The molecule has 0 fully saturated rings. The number of sulfonamides is 1. The molecule has 1 aromatic carbocycles. The summed E-state index contributed by atoms with van der Waals surface area (Å²) in [5, 5.41) is 13.8. The average Bonchev–Trinajstić information content (AvgIpc) is 2.59. The molecule has 9 heteroatoms. The van der Waals surface area contributed by atoms with Gasteiger partial charge in [0.2, 0.25) is 10.0 Å². The molecule has 2 aromatic rings. The standard InChI is InChI=1S/C15H18N4O4S/c20-19(21)14-4-6-15(7-5-14)24(22,23)18-10-2-9-17-12-13-3-1-8-16-11-13/h1,3-8,11,17-18H,2,9-10,12H2. The van der Waals surface area contributed by atoms with Crippen LogP contribution in [0.15, 0.2) is 53.7 Å². The smallest absolute Gasteiger partial charge is 0.269 e. The topological polar surface area (TPSA) is 114 Å². The van der Waals surface area contributed by atoms with Crippen LogP contribution < -0.4 is 10.0 Å². The minimum Gasteiger partial charge on any atom is -0.313 e. The molecular formula is C15H18N4O4S. The maximum atomic E-state index is 12.1. The lowest BCUT2D eigenvalue weighted by molar-refractivity contribution is -0.384. The summed E-state index contributed by atoms with van der Waals surface area (Å²) in [5.41, 5.74) is 0.914. The number of nitrogens with zero attached hydrogens (tertiary/aromatic N) is 2. The predicted molar refractivity (Wildman–Crippen MR) is 88.8 cm³/mol. The number of nitrogens with one attached hydrogen (secondary N) is 2. The van der Waals surface area contributed by atoms with Gasteiger partial charge in [-0.1, -0.05) is 6.07 Å². The van der Waals surface area contributed by atoms with Crippen molar-refractivity contribution in [1.29, 1.82) is 0 Å². The number of pyridine rings is 1. The van der Waals surface area contributed by atoms with Crippen LogP contribution in [0.2, 0.25) is 0 Å². The number of hydrogen-bond donors (Lipinski definition) is 2. The second kappa shape index (κ2) is 8.48. The number of nitro benzene ring substituents is 1. The first-order chi connectivity index (χ1) is 11.5. The molecule has 0 unspecified atom stereocenters. The Kier molecular flexibility index (Phi) is 6.36. The van der Waals surface area contributed by atoms with Gasteiger partial charge in [0, 0.05) is 37.6 Å². The molecule has 2 rings (SSSR count). The Morgan fingerprint density at radius 1 is 1.12 bits per heavy atom. The zero-order valence-electron chi connectivity index (χ0n) is 12.9. The Bertz CT molecular complexity index is 764. The molecule has 0 aliphatic rings. The molecule has 0 atom stereocenters. The van der Waals surface area contributed by atoms with Gasteiger partial charge in [-0.25, -0.2) is 13.1 Å². The van der Waals surface area contributed by atoms with E-state index in [0.29, 0.717) is 19.5 Å². The molecule has 1 heterocycles. The molecule has 0 aliphatic carbocycles. The van der Waals surface area contributed by atoms with Crippen LogP contribution >= 0.6 is 0 Å². The van der Waals surface area contributed by atoms with Gasteiger partial charge in [-0.05, 0) is 36.7 Å². The summed E-state index contributed by atoms with van der Waals surface area (Å²) in [6.07, 6.45) is 4.09. The number of nitro groups is 1. The van der Waals surface area contributed by atoms with Gasteiger partial charge < -0.3 is 5.32 Å². The van der Waals surface area contributed by atoms with Crippen LogP contribution in [0.1, 0.15) is 12.0 Å². The van der Waals surface area contributed by atoms with Crippen LogP contribution in [0.25, 0.3) is 0 Å². The van der Waals surface area contributed by atoms with Crippen molar-refractivity contribution >= 4 is 15.7 Å². The SMILES string of the molecule is O=[N+]([O-])c1ccc(S(=O)(=O)NCCCNCc2cccnc2)cc1. The van der Waals surface area contributed by atoms with E-state index in [-0.39, 0.29) is 17.1 Å². The van der Waals surface area contributed by atoms with Crippen LogP contribution in [-0.2, 0) is 16.6 Å². The second-order valence-electron chi connectivity index (χ2n) is 5.04. The number of rotatable bonds is 9. The van der Waals surface area contributed by atoms with Gasteiger partial charge in [0.1, 0.15) is 0 Å². The fourth-order valence-corrected chi connectivity index (χ4v) is 3.06. The van der Waals surface area contributed by atoms with E-state index >= 15 is 0 Å². The maximum Gasteiger partial charge on any atom is 0.269 e. The van der Waals surface area contributed by atoms with Crippen molar-refractivity contribution in [2.75, 3.05) is 13.1 Å². The highest BCUT2D eigenvalue weighted by molar-refractivity contribution is 7.89. The third-order valence-corrected chi connectivity index (χ3v) is 4.71. The molecule has 0 amide bonds. The summed E-state index contributed by atoms with van der Waals surface area (Å²) >= 11 is 0. The van der Waals surface area contributed by atoms with E-state index in [1.807, 2.05) is 12.1 Å². The maximum absolute atomic E-state index is 12.1. The Labute approximate surface area is 140 Å². The Morgan fingerprint density at radius 2 is 1.88 bits per heavy atom. The van der Waals surface area contributed by atoms with Gasteiger partial charge in [0.05, 0.1) is 9.82 Å². The molecule has 1 aromatic heterocycles. The molecule has 24 heavy (non-hydrogen) atoms. The fourth-order valence-electron chi connectivity index (χ4n) is 1.99. The highest BCUT2D eigenvalue weighted by Crippen LogP contribution is 2.15. The first-order valence-corrected chi connectivity index (χ1v) is 8.81. The van der Waals surface area contributed by atoms with Gasteiger partial charge in [-0.2, -0.15) is 0 Å². The van der Waals surface area contributed by atoms with E-state index in [9.17, 15) is 18.5 Å². The second-order valence-corrected chi connectivity index (χ2v) is 6.81. The quantitative estimate of drug-likeness (QED) is 0.402. The van der Waals surface area contributed by atoms with Crippen molar-refractivity contribution in [1.82, 2.24) is 15.0 Å². The minimum absolute atomic E-state index is 0.0106. The summed E-state index contributed by atoms with van der Waals surface area (Å²) in [6.45, 7) is 1.60. The van der Waals surface area contributed by atoms with Crippen LogP contribution in [0.3, 0.4) is 0 Å². The van der Waals surface area contributed by atoms with Crippen LogP contribution in [-0.4, -0.2) is 31.4 Å². The number of benzene rings is 1. The zero-order valence-corrected chi connectivity index (χ0v) is 13.7. The van der Waals surface area contributed by atoms with Crippen molar-refractivity contribution in [2.24, 2.45) is 0 Å². The molecule has 0 bridgehead atoms. The Balaban J connectivity index is 1.73. The van der Waals surface area contributed by atoms with Crippen molar-refractivity contribution in [3.05, 3.63) is 64.5 Å². The van der Waals surface area contributed by atoms with Gasteiger partial charge in [0.15, 0.2) is 0 Å². The first-order valence-electron chi connectivity index (χ1n) is 7.33. The fraction of sp³-hybridized carbons (Fsp3) is 0.267. The normalized spacial score (nSPS) is 11.3. The zero-order chi connectivity index (χ0) is 17.4. The molecule has 8 nitrogen and oxygen atoms in total. The molecule has 0 radical (unpaired) electrons. The monoisotopic (exact) mass is 350 g/mol. The summed E-state index contributed by atoms with van der Waals surface area (Å²) < 4.78 is 26.6. The molecule has 0 saturated carbocycles. The molecule has 2 N–H and O–H groups in total. The highest BCUT2D eigenvalue weighted by Gasteiger charge is 2.14. The van der Waals surface area contributed by atoms with Crippen molar-refractivity contribution < 1.29 is 13.3 Å². The van der Waals surface area contributed by atoms with E-state index < -0.39 is 14.9 Å². The summed E-state index contributed by atoms with van der Waals surface area (Å²) in [7, 11) is -3.65. The average molecular weight is 350 g/mol. The summed E-state index contributed by atoms with van der Waals surface area (Å²) in [5.74, 6) is 0. The molecule has 0 aliphatic heterocycles. The third-order valence-electron chi connectivity index (χ3n) is 3.23. The van der Waals surface area contributed by atoms with E-state index in [0.717, 1.165) is 5.56 Å². The lowest BCUT2D eigenvalue weighted by Crippen LogP contribution is -2.27. The van der Waals surface area contributed by atoms with E-state index in [1.165, 1.54) is 24.3 Å². The molecular weight excluding hydrogens is 332 g/mol. The number of hydrogen-bond acceptors (Lipinski definition) is 6. The minimum atomic E-state index is -3.65. The largest absolute Gasteiger partial charge is 0.313 e. The number of non-ortho nitro benzene ring substituents is 1. The van der Waals surface area contributed by atoms with Crippen molar-refractivity contribution in [3.8, 4) is 0 Å². The Hall–Kier alpha value is -2.36. The van der Waals surface area contributed by atoms with E-state index in [4.69, 9.17) is 0 Å². The molecule has 0 spiro atoms. The highest BCUT2D eigenvalue weighted by atomic mass is 32.2. The molecule has 0 saturated heterocycles. The van der Waals surface area contributed by atoms with Gasteiger partial charge in [-0.15, -0.1) is 0 Å². The third kappa shape index (κ3) is 5.37. The number of aromatic nitrogens is 1. The van der Waals surface area contributed by atoms with Gasteiger partial charge in [0.25, 0.3) is 5.69 Å². The van der Waals surface area contributed by atoms with E-state index in [1.54, 1.807) is 12.4 Å². The molecule has 128 valence electrons. The van der Waals surface area contributed by atoms with Crippen LogP contribution in [0.4, 0.5) is 5.69 Å². The van der Waals surface area contributed by atoms with Gasteiger partial charge in [-0.3, -0.25) is 15.1 Å². The summed E-state index contributed by atoms with van der Waals surface area (Å²) in [6, 6.07) is 8.60. The predicted octanol–water partition coefficient (Wildman–Crippen LogP) is 1.45. The lowest BCUT2D eigenvalue weighted by atomic mass is 10.3. The lowest BCUT2D eigenvalue weighted by Gasteiger charge is -2.07. The van der Waals surface area contributed by atoms with E-state index in [2.05, 4.69) is 15.0 Å². The van der Waals surface area contributed by atoms with Crippen molar-refractivity contribution in [2.45, 2.75) is 17.9 Å².